The van der Waals surface area contributed by atoms with Gasteiger partial charge in [0.15, 0.2) is 5.11 Å². The van der Waals surface area contributed by atoms with Crippen molar-refractivity contribution < 1.29 is 23.5 Å². The summed E-state index contributed by atoms with van der Waals surface area (Å²) in [6.07, 6.45) is 2.58. The van der Waals surface area contributed by atoms with Crippen LogP contribution in [-0.2, 0) is 19.1 Å². The van der Waals surface area contributed by atoms with Gasteiger partial charge in [0.2, 0.25) is 11.8 Å². The molecule has 1 aliphatic heterocycles. The SMILES string of the molecule is COC(=O)CC1C(=O)NCCN1C(=S)NC(=O)C=Cc1ccc(F)cc1. The molecule has 0 bridgehead atoms. The van der Waals surface area contributed by atoms with Gasteiger partial charge in [-0.15, -0.1) is 0 Å². The molecule has 138 valence electrons. The molecule has 0 radical (unpaired) electrons. The fourth-order valence-corrected chi connectivity index (χ4v) is 2.69. The Morgan fingerprint density at radius 1 is 1.42 bits per heavy atom. The van der Waals surface area contributed by atoms with Crippen LogP contribution in [0.25, 0.3) is 6.08 Å². The number of rotatable bonds is 4. The number of amides is 2. The molecule has 7 nitrogen and oxygen atoms in total. The van der Waals surface area contributed by atoms with E-state index in [9.17, 15) is 18.8 Å². The molecule has 0 spiro atoms. The van der Waals surface area contributed by atoms with Gasteiger partial charge in [-0.1, -0.05) is 12.1 Å². The number of hydrogen-bond donors (Lipinski definition) is 2. The first-order valence-electron chi connectivity index (χ1n) is 7.80. The summed E-state index contributed by atoms with van der Waals surface area (Å²) in [4.78, 5) is 37.0. The minimum atomic E-state index is -0.843. The minimum absolute atomic E-state index is 0.0440. The minimum Gasteiger partial charge on any atom is -0.469 e. The predicted octanol–water partition coefficient (Wildman–Crippen LogP) is 0.604. The maximum Gasteiger partial charge on any atom is 0.308 e. The third kappa shape index (κ3) is 5.35. The van der Waals surface area contributed by atoms with Gasteiger partial charge in [-0.05, 0) is 36.0 Å². The summed E-state index contributed by atoms with van der Waals surface area (Å²) >= 11 is 5.20. The van der Waals surface area contributed by atoms with Crippen molar-refractivity contribution in [1.82, 2.24) is 15.5 Å². The summed E-state index contributed by atoms with van der Waals surface area (Å²) in [6, 6.07) is 4.78. The highest BCUT2D eigenvalue weighted by Crippen LogP contribution is 2.10. The van der Waals surface area contributed by atoms with Gasteiger partial charge in [0, 0.05) is 19.2 Å². The molecule has 0 aromatic heterocycles. The van der Waals surface area contributed by atoms with Crippen LogP contribution in [0.2, 0.25) is 0 Å². The molecule has 9 heteroatoms. The first kappa shape index (κ1) is 19.5. The van der Waals surface area contributed by atoms with E-state index >= 15 is 0 Å². The normalized spacial score (nSPS) is 16.9. The number of thiocarbonyl (C=S) groups is 1. The number of piperazine rings is 1. The number of nitrogens with one attached hydrogen (secondary N) is 2. The van der Waals surface area contributed by atoms with Crippen molar-refractivity contribution in [3.05, 3.63) is 41.7 Å². The highest BCUT2D eigenvalue weighted by Gasteiger charge is 2.33. The average Bonchev–Trinajstić information content (AvgIpc) is 2.62. The Labute approximate surface area is 155 Å². The third-order valence-corrected chi connectivity index (χ3v) is 4.04. The Morgan fingerprint density at radius 2 is 2.12 bits per heavy atom. The summed E-state index contributed by atoms with van der Waals surface area (Å²) in [5, 5.41) is 5.19. The van der Waals surface area contributed by atoms with E-state index in [1.807, 2.05) is 0 Å². The Morgan fingerprint density at radius 3 is 2.77 bits per heavy atom. The summed E-state index contributed by atoms with van der Waals surface area (Å²) in [7, 11) is 1.23. The zero-order valence-electron chi connectivity index (χ0n) is 14.0. The Balaban J connectivity index is 1.99. The van der Waals surface area contributed by atoms with Gasteiger partial charge in [0.25, 0.3) is 0 Å². The zero-order valence-corrected chi connectivity index (χ0v) is 14.8. The fraction of sp³-hybridized carbons (Fsp3) is 0.294. The van der Waals surface area contributed by atoms with Crippen LogP contribution in [-0.4, -0.2) is 54.0 Å². The van der Waals surface area contributed by atoms with E-state index in [0.29, 0.717) is 18.7 Å². The topological polar surface area (TPSA) is 87.7 Å². The van der Waals surface area contributed by atoms with E-state index in [0.717, 1.165) is 0 Å². The monoisotopic (exact) mass is 379 g/mol. The first-order valence-corrected chi connectivity index (χ1v) is 8.21. The Kier molecular flexibility index (Phi) is 6.79. The summed E-state index contributed by atoms with van der Waals surface area (Å²) in [5.74, 6) is -1.78. The molecule has 0 aliphatic carbocycles. The van der Waals surface area contributed by atoms with E-state index in [2.05, 4.69) is 15.4 Å². The number of hydrogen-bond acceptors (Lipinski definition) is 5. The zero-order chi connectivity index (χ0) is 19.1. The first-order chi connectivity index (χ1) is 12.4. The van der Waals surface area contributed by atoms with Crippen molar-refractivity contribution in [2.75, 3.05) is 20.2 Å². The van der Waals surface area contributed by atoms with Gasteiger partial charge in [-0.3, -0.25) is 19.7 Å². The second-order valence-corrected chi connectivity index (χ2v) is 5.85. The quantitative estimate of drug-likeness (QED) is 0.453. The van der Waals surface area contributed by atoms with E-state index in [1.165, 1.54) is 48.4 Å². The van der Waals surface area contributed by atoms with E-state index in [4.69, 9.17) is 12.2 Å². The van der Waals surface area contributed by atoms with Crippen molar-refractivity contribution in [3.63, 3.8) is 0 Å². The lowest BCUT2D eigenvalue weighted by Gasteiger charge is -2.35. The Bertz CT molecular complexity index is 736. The molecule has 1 aromatic rings. The molecule has 1 atom stereocenters. The molecule has 1 aliphatic rings. The van der Waals surface area contributed by atoms with Gasteiger partial charge >= 0.3 is 5.97 Å². The van der Waals surface area contributed by atoms with Gasteiger partial charge in [-0.2, -0.15) is 0 Å². The highest BCUT2D eigenvalue weighted by molar-refractivity contribution is 7.80. The maximum atomic E-state index is 12.9. The molecule has 1 heterocycles. The molecule has 2 amide bonds. The summed E-state index contributed by atoms with van der Waals surface area (Å²) in [5.41, 5.74) is 0.647. The van der Waals surface area contributed by atoms with Crippen LogP contribution in [0.3, 0.4) is 0 Å². The van der Waals surface area contributed by atoms with Crippen LogP contribution >= 0.6 is 12.2 Å². The molecule has 1 fully saturated rings. The van der Waals surface area contributed by atoms with Crippen LogP contribution in [0.15, 0.2) is 30.3 Å². The lowest BCUT2D eigenvalue weighted by Crippen LogP contribution is -2.60. The number of esters is 1. The van der Waals surface area contributed by atoms with Gasteiger partial charge in [-0.25, -0.2) is 4.39 Å². The number of carbonyl (C=O) groups excluding carboxylic acids is 3. The fourth-order valence-electron chi connectivity index (χ4n) is 2.37. The molecule has 2 rings (SSSR count). The standard InChI is InChI=1S/C17H18FN3O4S/c1-25-15(23)10-13-16(24)19-8-9-21(13)17(26)20-14(22)7-4-11-2-5-12(18)6-3-11/h2-7,13H,8-10H2,1H3,(H,19,24)(H,20,22,26). The van der Waals surface area contributed by atoms with Crippen molar-refractivity contribution in [1.29, 1.82) is 0 Å². The van der Waals surface area contributed by atoms with E-state index < -0.39 is 17.9 Å². The smallest absolute Gasteiger partial charge is 0.308 e. The van der Waals surface area contributed by atoms with Crippen molar-refractivity contribution in [3.8, 4) is 0 Å². The number of methoxy groups -OCH3 is 1. The van der Waals surface area contributed by atoms with Gasteiger partial charge in [0.1, 0.15) is 11.9 Å². The number of carbonyl (C=O) groups is 3. The molecule has 1 saturated heterocycles. The highest BCUT2D eigenvalue weighted by atomic mass is 32.1. The molecular formula is C17H18FN3O4S. The molecule has 0 saturated carbocycles. The largest absolute Gasteiger partial charge is 0.469 e. The average molecular weight is 379 g/mol. The number of nitrogens with zero attached hydrogens (tertiary/aromatic N) is 1. The molecule has 26 heavy (non-hydrogen) atoms. The maximum absolute atomic E-state index is 12.9. The van der Waals surface area contributed by atoms with Crippen molar-refractivity contribution >= 4 is 41.2 Å². The lowest BCUT2D eigenvalue weighted by molar-refractivity contribution is -0.144. The van der Waals surface area contributed by atoms with E-state index in [-0.39, 0.29) is 23.3 Å². The third-order valence-electron chi connectivity index (χ3n) is 3.71. The van der Waals surface area contributed by atoms with Crippen LogP contribution in [0.1, 0.15) is 12.0 Å². The summed E-state index contributed by atoms with van der Waals surface area (Å²) < 4.78 is 17.4. The predicted molar refractivity (Wildman–Crippen MR) is 96.3 cm³/mol. The van der Waals surface area contributed by atoms with Crippen LogP contribution in [0.5, 0.6) is 0 Å². The lowest BCUT2D eigenvalue weighted by atomic mass is 10.1. The molecule has 1 aromatic carbocycles. The number of halogens is 1. The Hall–Kier alpha value is -2.81. The second-order valence-electron chi connectivity index (χ2n) is 5.46. The molecular weight excluding hydrogens is 361 g/mol. The van der Waals surface area contributed by atoms with Crippen LogP contribution in [0.4, 0.5) is 4.39 Å². The van der Waals surface area contributed by atoms with E-state index in [1.54, 1.807) is 0 Å². The van der Waals surface area contributed by atoms with Gasteiger partial charge in [0.05, 0.1) is 13.5 Å². The van der Waals surface area contributed by atoms with Crippen LogP contribution < -0.4 is 10.6 Å². The molecule has 1 unspecified atom stereocenters. The van der Waals surface area contributed by atoms with Crippen LogP contribution in [0, 0.1) is 5.82 Å². The number of benzene rings is 1. The number of ether oxygens (including phenoxy) is 1. The summed E-state index contributed by atoms with van der Waals surface area (Å²) in [6.45, 7) is 0.701. The van der Waals surface area contributed by atoms with Crippen molar-refractivity contribution in [2.24, 2.45) is 0 Å². The molecule has 2 N–H and O–H groups in total. The second kappa shape index (κ2) is 9.04. The van der Waals surface area contributed by atoms with Crippen molar-refractivity contribution in [2.45, 2.75) is 12.5 Å². The van der Waals surface area contributed by atoms with Gasteiger partial charge < -0.3 is 15.0 Å².